The third kappa shape index (κ3) is 3.02. The standard InChI is InChI=1S/C18H20FN3O3S/c1-2-4-17-20-8-15-16(21-17)9-25-18(15)11-22(12-18)26(23,24)10-13-5-3-6-14(19)7-13/h3,5-8H,2,4,9-12H2,1H3. The minimum atomic E-state index is -3.53. The number of fused-ring (bicyclic) bond motifs is 2. The first-order valence-corrected chi connectivity index (χ1v) is 10.2. The fraction of sp³-hybridized carbons (Fsp3) is 0.444. The first-order valence-electron chi connectivity index (χ1n) is 8.63. The Bertz CT molecular complexity index is 942. The SMILES string of the molecule is CCCc1ncc2c(n1)COC21CN(S(=O)(=O)Cc2cccc(F)c2)C1. The number of benzene rings is 1. The van der Waals surface area contributed by atoms with Gasteiger partial charge in [0.2, 0.25) is 10.0 Å². The van der Waals surface area contributed by atoms with Crippen LogP contribution in [0, 0.1) is 5.82 Å². The maximum atomic E-state index is 13.3. The predicted octanol–water partition coefficient (Wildman–Crippen LogP) is 2.14. The molecule has 2 aromatic rings. The van der Waals surface area contributed by atoms with Crippen LogP contribution in [0.25, 0.3) is 0 Å². The summed E-state index contributed by atoms with van der Waals surface area (Å²) in [5.41, 5.74) is 1.53. The van der Waals surface area contributed by atoms with Crippen LogP contribution in [0.4, 0.5) is 4.39 Å². The molecule has 0 unspecified atom stereocenters. The Balaban J connectivity index is 1.49. The zero-order chi connectivity index (χ0) is 18.4. The van der Waals surface area contributed by atoms with Crippen molar-refractivity contribution in [3.63, 3.8) is 0 Å². The molecule has 1 aromatic carbocycles. The summed E-state index contributed by atoms with van der Waals surface area (Å²) in [6.07, 6.45) is 3.56. The second kappa shape index (κ2) is 6.37. The van der Waals surface area contributed by atoms with Crippen molar-refractivity contribution in [3.8, 4) is 0 Å². The quantitative estimate of drug-likeness (QED) is 0.798. The third-order valence-electron chi connectivity index (χ3n) is 4.86. The van der Waals surface area contributed by atoms with E-state index in [1.54, 1.807) is 12.3 Å². The van der Waals surface area contributed by atoms with Gasteiger partial charge < -0.3 is 4.74 Å². The first kappa shape index (κ1) is 17.5. The molecule has 0 saturated carbocycles. The molecule has 0 atom stereocenters. The molecular weight excluding hydrogens is 357 g/mol. The largest absolute Gasteiger partial charge is 0.361 e. The van der Waals surface area contributed by atoms with Gasteiger partial charge in [-0.3, -0.25) is 0 Å². The van der Waals surface area contributed by atoms with Gasteiger partial charge in [0.25, 0.3) is 0 Å². The molecule has 6 nitrogen and oxygen atoms in total. The molecule has 8 heteroatoms. The van der Waals surface area contributed by atoms with Gasteiger partial charge in [-0.1, -0.05) is 19.1 Å². The fourth-order valence-corrected chi connectivity index (χ4v) is 5.08. The summed E-state index contributed by atoms with van der Waals surface area (Å²) in [4.78, 5) is 8.92. The molecule has 2 aliphatic rings. The van der Waals surface area contributed by atoms with Gasteiger partial charge in [-0.25, -0.2) is 22.8 Å². The van der Waals surface area contributed by atoms with E-state index in [1.165, 1.54) is 22.5 Å². The Morgan fingerprint density at radius 1 is 1.35 bits per heavy atom. The highest BCUT2D eigenvalue weighted by atomic mass is 32.2. The lowest BCUT2D eigenvalue weighted by Crippen LogP contribution is -2.61. The van der Waals surface area contributed by atoms with E-state index < -0.39 is 21.4 Å². The van der Waals surface area contributed by atoms with E-state index in [1.807, 2.05) is 0 Å². The van der Waals surface area contributed by atoms with Crippen molar-refractivity contribution in [1.29, 1.82) is 0 Å². The fourth-order valence-electron chi connectivity index (χ4n) is 3.49. The average Bonchev–Trinajstić information content (AvgIpc) is 2.92. The molecule has 0 amide bonds. The number of aromatic nitrogens is 2. The van der Waals surface area contributed by atoms with Crippen LogP contribution in [0.1, 0.15) is 36.0 Å². The third-order valence-corrected chi connectivity index (χ3v) is 6.61. The average molecular weight is 377 g/mol. The molecular formula is C18H20FN3O3S. The van der Waals surface area contributed by atoms with Crippen molar-refractivity contribution in [3.05, 3.63) is 58.9 Å². The smallest absolute Gasteiger partial charge is 0.218 e. The number of sulfonamides is 1. The van der Waals surface area contributed by atoms with Crippen molar-refractivity contribution in [2.75, 3.05) is 13.1 Å². The number of hydrogen-bond acceptors (Lipinski definition) is 5. The van der Waals surface area contributed by atoms with Crippen LogP contribution in [0.15, 0.2) is 30.5 Å². The van der Waals surface area contributed by atoms with Crippen LogP contribution in [0.5, 0.6) is 0 Å². The molecule has 138 valence electrons. The first-order chi connectivity index (χ1) is 12.4. The van der Waals surface area contributed by atoms with E-state index in [0.717, 1.165) is 29.9 Å². The summed E-state index contributed by atoms with van der Waals surface area (Å²) < 4.78 is 45.8. The molecule has 0 radical (unpaired) electrons. The molecule has 0 aliphatic carbocycles. The number of hydrogen-bond donors (Lipinski definition) is 0. The Labute approximate surface area is 152 Å². The van der Waals surface area contributed by atoms with Crippen LogP contribution in [0.2, 0.25) is 0 Å². The second-order valence-electron chi connectivity index (χ2n) is 6.83. The molecule has 1 aromatic heterocycles. The molecule has 3 heterocycles. The van der Waals surface area contributed by atoms with E-state index in [2.05, 4.69) is 16.9 Å². The van der Waals surface area contributed by atoms with E-state index in [0.29, 0.717) is 12.2 Å². The van der Waals surface area contributed by atoms with Crippen molar-refractivity contribution in [2.24, 2.45) is 0 Å². The molecule has 1 fully saturated rings. The van der Waals surface area contributed by atoms with E-state index >= 15 is 0 Å². The number of ether oxygens (including phenoxy) is 1. The summed E-state index contributed by atoms with van der Waals surface area (Å²) in [7, 11) is -3.53. The van der Waals surface area contributed by atoms with Gasteiger partial charge in [0.1, 0.15) is 17.2 Å². The van der Waals surface area contributed by atoms with Crippen LogP contribution < -0.4 is 0 Å². The molecule has 1 saturated heterocycles. The Kier molecular flexibility index (Phi) is 4.29. The van der Waals surface area contributed by atoms with Crippen molar-refractivity contribution in [1.82, 2.24) is 14.3 Å². The Hall–Kier alpha value is -1.90. The topological polar surface area (TPSA) is 72.4 Å². The highest BCUT2D eigenvalue weighted by Gasteiger charge is 2.54. The summed E-state index contributed by atoms with van der Waals surface area (Å²) >= 11 is 0. The maximum Gasteiger partial charge on any atom is 0.218 e. The summed E-state index contributed by atoms with van der Waals surface area (Å²) in [5.74, 6) is 0.132. The number of rotatable bonds is 5. The van der Waals surface area contributed by atoms with Crippen molar-refractivity contribution < 1.29 is 17.5 Å². The minimum absolute atomic E-state index is 0.223. The van der Waals surface area contributed by atoms with Crippen molar-refractivity contribution >= 4 is 10.0 Å². The minimum Gasteiger partial charge on any atom is -0.361 e. The number of nitrogens with zero attached hydrogens (tertiary/aromatic N) is 3. The molecule has 2 aliphatic heterocycles. The molecule has 0 bridgehead atoms. The molecule has 1 spiro atoms. The lowest BCUT2D eigenvalue weighted by atomic mass is 9.90. The van der Waals surface area contributed by atoms with Gasteiger partial charge in [-0.05, 0) is 24.1 Å². The van der Waals surface area contributed by atoms with Gasteiger partial charge >= 0.3 is 0 Å². The van der Waals surface area contributed by atoms with Crippen LogP contribution in [-0.2, 0) is 39.1 Å². The van der Waals surface area contributed by atoms with Gasteiger partial charge in [-0.15, -0.1) is 0 Å². The van der Waals surface area contributed by atoms with Crippen molar-refractivity contribution in [2.45, 2.75) is 37.7 Å². The Morgan fingerprint density at radius 3 is 2.88 bits per heavy atom. The summed E-state index contributed by atoms with van der Waals surface area (Å²) in [6.45, 7) is 2.94. The summed E-state index contributed by atoms with van der Waals surface area (Å²) in [6, 6.07) is 5.67. The maximum absolute atomic E-state index is 13.3. The van der Waals surface area contributed by atoms with E-state index in [4.69, 9.17) is 4.74 Å². The molecule has 26 heavy (non-hydrogen) atoms. The zero-order valence-corrected chi connectivity index (χ0v) is 15.3. The van der Waals surface area contributed by atoms with Gasteiger partial charge in [0, 0.05) is 31.3 Å². The van der Waals surface area contributed by atoms with Crippen LogP contribution >= 0.6 is 0 Å². The normalized spacial score (nSPS) is 18.7. The van der Waals surface area contributed by atoms with E-state index in [-0.39, 0.29) is 18.8 Å². The molecule has 4 rings (SSSR count). The number of aryl methyl sites for hydroxylation is 1. The highest BCUT2D eigenvalue weighted by molar-refractivity contribution is 7.88. The van der Waals surface area contributed by atoms with Gasteiger partial charge in [0.15, 0.2) is 0 Å². The van der Waals surface area contributed by atoms with Crippen LogP contribution in [-0.4, -0.2) is 35.8 Å². The zero-order valence-electron chi connectivity index (χ0n) is 14.5. The molecule has 0 N–H and O–H groups in total. The highest BCUT2D eigenvalue weighted by Crippen LogP contribution is 2.44. The monoisotopic (exact) mass is 377 g/mol. The lowest BCUT2D eigenvalue weighted by molar-refractivity contribution is -0.112. The van der Waals surface area contributed by atoms with Gasteiger partial charge in [0.05, 0.1) is 18.1 Å². The second-order valence-corrected chi connectivity index (χ2v) is 8.80. The lowest BCUT2D eigenvalue weighted by Gasteiger charge is -2.46. The van der Waals surface area contributed by atoms with Crippen LogP contribution in [0.3, 0.4) is 0 Å². The summed E-state index contributed by atoms with van der Waals surface area (Å²) in [5, 5.41) is 0. The van der Waals surface area contributed by atoms with E-state index in [9.17, 15) is 12.8 Å². The predicted molar refractivity (Wildman–Crippen MR) is 93.1 cm³/mol. The van der Waals surface area contributed by atoms with Gasteiger partial charge in [-0.2, -0.15) is 4.31 Å². The number of halogens is 1. The Morgan fingerprint density at radius 2 is 2.15 bits per heavy atom.